The third-order valence-electron chi connectivity index (χ3n) is 8.83. The van der Waals surface area contributed by atoms with Crippen LogP contribution in [0.5, 0.6) is 0 Å². The molecule has 0 saturated heterocycles. The fourth-order valence-corrected chi connectivity index (χ4v) is 6.21. The molecule has 1 aromatic heterocycles. The number of anilines is 2. The van der Waals surface area contributed by atoms with Gasteiger partial charge in [-0.2, -0.15) is 0 Å². The number of nitrogens with zero attached hydrogens (tertiary/aromatic N) is 5. The van der Waals surface area contributed by atoms with Crippen LogP contribution in [0.1, 0.15) is 67.9 Å². The van der Waals surface area contributed by atoms with Gasteiger partial charge in [0.15, 0.2) is 0 Å². The van der Waals surface area contributed by atoms with E-state index in [1.54, 1.807) is 6.07 Å². The number of carbonyl (C=O) groups excluding carboxylic acids is 1. The summed E-state index contributed by atoms with van der Waals surface area (Å²) in [6, 6.07) is 17.2. The van der Waals surface area contributed by atoms with Crippen molar-refractivity contribution >= 4 is 34.1 Å². The number of rotatable bonds is 12. The van der Waals surface area contributed by atoms with E-state index in [9.17, 15) is 14.9 Å². The number of nitro groups is 1. The first kappa shape index (κ1) is 31.0. The first-order valence-corrected chi connectivity index (χ1v) is 15.5. The molecule has 0 spiro atoms. The number of imidazole rings is 1. The minimum atomic E-state index is -0.702. The molecule has 0 amide bonds. The number of ether oxygens (including phenoxy) is 1. The lowest BCUT2D eigenvalue weighted by atomic mass is 9.95. The highest BCUT2D eigenvalue weighted by Gasteiger charge is 2.31. The van der Waals surface area contributed by atoms with E-state index in [-0.39, 0.29) is 23.5 Å². The first-order chi connectivity index (χ1) is 21.3. The van der Waals surface area contributed by atoms with Crippen molar-refractivity contribution < 1.29 is 14.5 Å². The van der Waals surface area contributed by atoms with E-state index in [4.69, 9.17) is 10.5 Å². The van der Waals surface area contributed by atoms with Gasteiger partial charge < -0.3 is 24.8 Å². The Morgan fingerprint density at radius 2 is 1.80 bits per heavy atom. The van der Waals surface area contributed by atoms with E-state index in [0.717, 1.165) is 49.1 Å². The topological polar surface area (TPSA) is 120 Å². The van der Waals surface area contributed by atoms with Gasteiger partial charge in [-0.25, -0.2) is 9.78 Å². The molecule has 44 heavy (non-hydrogen) atoms. The van der Waals surface area contributed by atoms with E-state index in [0.29, 0.717) is 29.4 Å². The zero-order valence-electron chi connectivity index (χ0n) is 25.9. The molecule has 4 aromatic rings. The molecule has 0 radical (unpaired) electrons. The third-order valence-corrected chi connectivity index (χ3v) is 8.83. The normalized spacial score (nSPS) is 13.8. The number of aromatic nitrogens is 2. The van der Waals surface area contributed by atoms with Gasteiger partial charge in [0.2, 0.25) is 0 Å². The van der Waals surface area contributed by atoms with E-state index in [2.05, 4.69) is 28.3 Å². The molecule has 1 aliphatic carbocycles. The average molecular weight is 599 g/mol. The standard InChI is InChI=1S/C34H42N6O4/c1-4-38(5-2)19-18-37(3)30-21-27(25-16-17-29-28(20-25)36-23-39(29)26-14-10-7-11-15-26)33(40(42)43)32(35)31(30)34(41)44-22-24-12-8-6-9-13-24/h6,8-9,12-13,16-17,20-21,23,26H,4-5,7,10-11,14-15,18-19,22,35H2,1-3H3. The largest absolute Gasteiger partial charge is 0.457 e. The summed E-state index contributed by atoms with van der Waals surface area (Å²) >= 11 is 0. The van der Waals surface area contributed by atoms with Gasteiger partial charge in [0.05, 0.1) is 33.5 Å². The first-order valence-electron chi connectivity index (χ1n) is 15.5. The van der Waals surface area contributed by atoms with Crippen molar-refractivity contribution in [1.29, 1.82) is 0 Å². The minimum Gasteiger partial charge on any atom is -0.457 e. The van der Waals surface area contributed by atoms with Gasteiger partial charge in [0.25, 0.3) is 0 Å². The van der Waals surface area contributed by atoms with Crippen LogP contribution in [-0.2, 0) is 11.3 Å². The van der Waals surface area contributed by atoms with Crippen LogP contribution >= 0.6 is 0 Å². The quantitative estimate of drug-likeness (QED) is 0.0815. The maximum absolute atomic E-state index is 13.6. The predicted octanol–water partition coefficient (Wildman–Crippen LogP) is 6.83. The number of hydrogen-bond acceptors (Lipinski definition) is 8. The third kappa shape index (κ3) is 6.55. The number of nitrogen functional groups attached to an aromatic ring is 1. The Morgan fingerprint density at radius 1 is 1.07 bits per heavy atom. The molecular weight excluding hydrogens is 556 g/mol. The molecule has 232 valence electrons. The van der Waals surface area contributed by atoms with Crippen molar-refractivity contribution in [2.24, 2.45) is 0 Å². The van der Waals surface area contributed by atoms with Crippen molar-refractivity contribution in [3.63, 3.8) is 0 Å². The van der Waals surface area contributed by atoms with E-state index in [1.807, 2.05) is 66.8 Å². The number of nitrogens with two attached hydrogens (primary N) is 1. The second-order valence-electron chi connectivity index (χ2n) is 11.5. The lowest BCUT2D eigenvalue weighted by Crippen LogP contribution is -2.34. The van der Waals surface area contributed by atoms with Crippen molar-refractivity contribution in [2.75, 3.05) is 43.9 Å². The van der Waals surface area contributed by atoms with Gasteiger partial charge in [0, 0.05) is 26.2 Å². The monoisotopic (exact) mass is 598 g/mol. The van der Waals surface area contributed by atoms with E-state index >= 15 is 0 Å². The molecule has 3 aromatic carbocycles. The Bertz CT molecular complexity index is 1610. The van der Waals surface area contributed by atoms with E-state index < -0.39 is 10.9 Å². The Kier molecular flexibility index (Phi) is 9.79. The summed E-state index contributed by atoms with van der Waals surface area (Å²) in [5, 5.41) is 12.6. The van der Waals surface area contributed by atoms with Gasteiger partial charge in [-0.3, -0.25) is 10.1 Å². The molecule has 10 heteroatoms. The summed E-state index contributed by atoms with van der Waals surface area (Å²) < 4.78 is 7.90. The zero-order chi connectivity index (χ0) is 31.2. The summed E-state index contributed by atoms with van der Waals surface area (Å²) in [6.45, 7) is 7.33. The fraction of sp³-hybridized carbons (Fsp3) is 0.412. The molecule has 2 N–H and O–H groups in total. The molecule has 0 aliphatic heterocycles. The van der Waals surface area contributed by atoms with Gasteiger partial charge >= 0.3 is 11.7 Å². The highest BCUT2D eigenvalue weighted by Crippen LogP contribution is 2.43. The van der Waals surface area contributed by atoms with Gasteiger partial charge in [0.1, 0.15) is 17.9 Å². The number of nitro benzene ring substituents is 1. The number of benzene rings is 3. The van der Waals surface area contributed by atoms with Gasteiger partial charge in [-0.15, -0.1) is 0 Å². The number of esters is 1. The highest BCUT2D eigenvalue weighted by atomic mass is 16.6. The molecule has 0 atom stereocenters. The van der Waals surface area contributed by atoms with Crippen LogP contribution in [0, 0.1) is 10.1 Å². The van der Waals surface area contributed by atoms with Crippen molar-refractivity contribution in [3.05, 3.63) is 82.2 Å². The minimum absolute atomic E-state index is 0.00100. The van der Waals surface area contributed by atoms with Crippen LogP contribution in [-0.4, -0.2) is 58.6 Å². The van der Waals surface area contributed by atoms with Gasteiger partial charge in [-0.05, 0) is 55.3 Å². The number of carbonyl (C=O) groups is 1. The Morgan fingerprint density at radius 3 is 2.48 bits per heavy atom. The van der Waals surface area contributed by atoms with Crippen LogP contribution in [0.4, 0.5) is 17.1 Å². The fourth-order valence-electron chi connectivity index (χ4n) is 6.21. The summed E-state index contributed by atoms with van der Waals surface area (Å²) in [7, 11) is 1.87. The molecule has 1 fully saturated rings. The van der Waals surface area contributed by atoms with Crippen LogP contribution in [0.15, 0.2) is 60.9 Å². The second kappa shape index (κ2) is 13.9. The number of fused-ring (bicyclic) bond motifs is 1. The van der Waals surface area contributed by atoms with E-state index in [1.165, 1.54) is 19.3 Å². The second-order valence-corrected chi connectivity index (χ2v) is 11.5. The van der Waals surface area contributed by atoms with Crippen LogP contribution in [0.25, 0.3) is 22.2 Å². The Hall–Kier alpha value is -4.44. The molecule has 0 bridgehead atoms. The molecule has 0 unspecified atom stereocenters. The molecule has 10 nitrogen and oxygen atoms in total. The van der Waals surface area contributed by atoms with Crippen LogP contribution < -0.4 is 10.6 Å². The van der Waals surface area contributed by atoms with Crippen LogP contribution in [0.2, 0.25) is 0 Å². The molecule has 1 aliphatic rings. The van der Waals surface area contributed by atoms with Crippen molar-refractivity contribution in [2.45, 2.75) is 58.6 Å². The lowest BCUT2D eigenvalue weighted by Gasteiger charge is -2.27. The smallest absolute Gasteiger partial charge is 0.342 e. The summed E-state index contributed by atoms with van der Waals surface area (Å²) in [5.74, 6) is -0.702. The maximum atomic E-state index is 13.6. The maximum Gasteiger partial charge on any atom is 0.342 e. The SMILES string of the molecule is CCN(CC)CCN(C)c1cc(-c2ccc3c(c2)ncn3C2CCCCC2)c([N+](=O)[O-])c(N)c1C(=O)OCc1ccccc1. The zero-order valence-corrected chi connectivity index (χ0v) is 25.9. The molecular formula is C34H42N6O4. The van der Waals surface area contributed by atoms with Gasteiger partial charge in [-0.1, -0.05) is 69.5 Å². The average Bonchev–Trinajstić information content (AvgIpc) is 3.47. The molecule has 1 heterocycles. The van der Waals surface area contributed by atoms with Crippen molar-refractivity contribution in [1.82, 2.24) is 14.5 Å². The summed E-state index contributed by atoms with van der Waals surface area (Å²) in [6.07, 6.45) is 7.81. The molecule has 5 rings (SSSR count). The number of likely N-dealkylation sites (N-methyl/N-ethyl adjacent to an activating group) is 2. The Balaban J connectivity index is 1.58. The lowest BCUT2D eigenvalue weighted by molar-refractivity contribution is -0.383. The molecule has 1 saturated carbocycles. The summed E-state index contributed by atoms with van der Waals surface area (Å²) in [4.78, 5) is 34.5. The highest BCUT2D eigenvalue weighted by molar-refractivity contribution is 6.06. The number of hydrogen-bond donors (Lipinski definition) is 1. The van der Waals surface area contributed by atoms with Crippen LogP contribution in [0.3, 0.4) is 0 Å². The predicted molar refractivity (Wildman–Crippen MR) is 175 cm³/mol. The summed E-state index contributed by atoms with van der Waals surface area (Å²) in [5.41, 5.74) is 10.1. The Labute approximate surface area is 258 Å². The van der Waals surface area contributed by atoms with Crippen molar-refractivity contribution in [3.8, 4) is 11.1 Å².